The molecule has 5 heteroatoms. The molecule has 0 aliphatic heterocycles. The number of ether oxygens (including phenoxy) is 1. The van der Waals surface area contributed by atoms with Gasteiger partial charge in [-0.05, 0) is 12.1 Å². The molecule has 0 bridgehead atoms. The first-order valence-electron chi connectivity index (χ1n) is 5.21. The number of hydrogen-bond acceptors (Lipinski definition) is 5. The number of carbonyl (C=O) groups is 1. The summed E-state index contributed by atoms with van der Waals surface area (Å²) in [5.41, 5.74) is 1.97. The first-order valence-corrected chi connectivity index (χ1v) is 6.09. The van der Waals surface area contributed by atoms with E-state index in [-0.39, 0.29) is 5.97 Å². The average molecular weight is 248 g/mol. The standard InChI is InChI=1S/C12H12N2O2S/c1-16-11(15)3-2-10-8-17-12(14-10)9-4-6-13-7-5-9/h4-8H,2-3H2,1H3. The van der Waals surface area contributed by atoms with Crippen LogP contribution in [-0.4, -0.2) is 23.0 Å². The largest absolute Gasteiger partial charge is 0.469 e. The van der Waals surface area contributed by atoms with Gasteiger partial charge < -0.3 is 4.74 Å². The summed E-state index contributed by atoms with van der Waals surface area (Å²) in [6, 6.07) is 3.84. The zero-order chi connectivity index (χ0) is 12.1. The summed E-state index contributed by atoms with van der Waals surface area (Å²) in [5.74, 6) is -0.205. The van der Waals surface area contributed by atoms with Gasteiger partial charge >= 0.3 is 5.97 Å². The molecule has 0 aliphatic rings. The smallest absolute Gasteiger partial charge is 0.305 e. The van der Waals surface area contributed by atoms with Crippen LogP contribution >= 0.6 is 11.3 Å². The molecule has 0 amide bonds. The van der Waals surface area contributed by atoms with Crippen molar-refractivity contribution < 1.29 is 9.53 Å². The fourth-order valence-electron chi connectivity index (χ4n) is 1.38. The van der Waals surface area contributed by atoms with E-state index in [4.69, 9.17) is 0 Å². The summed E-state index contributed by atoms with van der Waals surface area (Å²) in [5, 5.41) is 2.92. The van der Waals surface area contributed by atoms with Crippen molar-refractivity contribution in [2.45, 2.75) is 12.8 Å². The van der Waals surface area contributed by atoms with E-state index in [0.29, 0.717) is 12.8 Å². The van der Waals surface area contributed by atoms with Gasteiger partial charge in [0.15, 0.2) is 0 Å². The summed E-state index contributed by atoms with van der Waals surface area (Å²) in [6.45, 7) is 0. The fourth-order valence-corrected chi connectivity index (χ4v) is 2.24. The maximum Gasteiger partial charge on any atom is 0.305 e. The van der Waals surface area contributed by atoms with Crippen molar-refractivity contribution in [3.63, 3.8) is 0 Å². The number of aryl methyl sites for hydroxylation is 1. The molecule has 2 aromatic rings. The van der Waals surface area contributed by atoms with Crippen LogP contribution in [0.2, 0.25) is 0 Å². The third-order valence-corrected chi connectivity index (χ3v) is 3.23. The zero-order valence-electron chi connectivity index (χ0n) is 9.42. The lowest BCUT2D eigenvalue weighted by Crippen LogP contribution is -2.01. The predicted molar refractivity (Wildman–Crippen MR) is 65.7 cm³/mol. The Morgan fingerprint density at radius 1 is 1.41 bits per heavy atom. The molecule has 88 valence electrons. The fraction of sp³-hybridized carbons (Fsp3) is 0.250. The second-order valence-electron chi connectivity index (χ2n) is 3.46. The van der Waals surface area contributed by atoms with Crippen LogP contribution in [0.4, 0.5) is 0 Å². The molecule has 0 saturated heterocycles. The quantitative estimate of drug-likeness (QED) is 0.779. The normalized spacial score (nSPS) is 10.2. The van der Waals surface area contributed by atoms with E-state index in [1.54, 1.807) is 23.7 Å². The summed E-state index contributed by atoms with van der Waals surface area (Å²) < 4.78 is 4.59. The molecule has 0 fully saturated rings. The van der Waals surface area contributed by atoms with Crippen molar-refractivity contribution in [1.82, 2.24) is 9.97 Å². The third-order valence-electron chi connectivity index (χ3n) is 2.29. The monoisotopic (exact) mass is 248 g/mol. The van der Waals surface area contributed by atoms with Gasteiger partial charge in [-0.1, -0.05) is 0 Å². The number of carbonyl (C=O) groups excluding carboxylic acids is 1. The predicted octanol–water partition coefficient (Wildman–Crippen LogP) is 2.31. The number of hydrogen-bond donors (Lipinski definition) is 0. The second-order valence-corrected chi connectivity index (χ2v) is 4.31. The van der Waals surface area contributed by atoms with Crippen molar-refractivity contribution in [1.29, 1.82) is 0 Å². The minimum absolute atomic E-state index is 0.205. The van der Waals surface area contributed by atoms with Crippen LogP contribution in [0.1, 0.15) is 12.1 Å². The van der Waals surface area contributed by atoms with Crippen LogP contribution in [0.15, 0.2) is 29.9 Å². The third kappa shape index (κ3) is 3.10. The van der Waals surface area contributed by atoms with E-state index in [1.807, 2.05) is 17.5 Å². The van der Waals surface area contributed by atoms with Gasteiger partial charge in [-0.3, -0.25) is 9.78 Å². The summed E-state index contributed by atoms with van der Waals surface area (Å²) >= 11 is 1.57. The molecule has 0 atom stereocenters. The SMILES string of the molecule is COC(=O)CCc1csc(-c2ccncc2)n1. The Kier molecular flexibility index (Phi) is 3.82. The topological polar surface area (TPSA) is 52.1 Å². The van der Waals surface area contributed by atoms with E-state index in [2.05, 4.69) is 14.7 Å². The highest BCUT2D eigenvalue weighted by molar-refractivity contribution is 7.13. The number of pyridine rings is 1. The van der Waals surface area contributed by atoms with Gasteiger partial charge in [0.2, 0.25) is 0 Å². The molecule has 17 heavy (non-hydrogen) atoms. The molecule has 0 spiro atoms. The molecule has 0 aromatic carbocycles. The Morgan fingerprint density at radius 2 is 2.18 bits per heavy atom. The van der Waals surface area contributed by atoms with Crippen molar-refractivity contribution in [3.05, 3.63) is 35.6 Å². The Bertz CT molecular complexity index is 496. The van der Waals surface area contributed by atoms with Crippen molar-refractivity contribution in [2.75, 3.05) is 7.11 Å². The van der Waals surface area contributed by atoms with Crippen LogP contribution in [0, 0.1) is 0 Å². The van der Waals surface area contributed by atoms with Gasteiger partial charge in [-0.2, -0.15) is 0 Å². The van der Waals surface area contributed by atoms with E-state index in [9.17, 15) is 4.79 Å². The highest BCUT2D eigenvalue weighted by Gasteiger charge is 2.06. The number of rotatable bonds is 4. The lowest BCUT2D eigenvalue weighted by atomic mass is 10.2. The lowest BCUT2D eigenvalue weighted by Gasteiger charge is -1.96. The summed E-state index contributed by atoms with van der Waals surface area (Å²) in [6.07, 6.45) is 4.47. The summed E-state index contributed by atoms with van der Waals surface area (Å²) in [4.78, 5) is 19.4. The van der Waals surface area contributed by atoms with Crippen LogP contribution in [0.3, 0.4) is 0 Å². The second kappa shape index (κ2) is 5.54. The molecule has 4 nitrogen and oxygen atoms in total. The number of esters is 1. The Labute approximate surface area is 103 Å². The molecule has 2 aromatic heterocycles. The van der Waals surface area contributed by atoms with Gasteiger partial charge in [0.1, 0.15) is 5.01 Å². The molecule has 0 N–H and O–H groups in total. The van der Waals surface area contributed by atoms with Crippen LogP contribution in [0.5, 0.6) is 0 Å². The van der Waals surface area contributed by atoms with E-state index in [0.717, 1.165) is 16.3 Å². The maximum atomic E-state index is 11.0. The first kappa shape index (κ1) is 11.7. The van der Waals surface area contributed by atoms with Crippen LogP contribution in [-0.2, 0) is 16.0 Å². The molecule has 2 rings (SSSR count). The minimum Gasteiger partial charge on any atom is -0.469 e. The molecule has 0 unspecified atom stereocenters. The maximum absolute atomic E-state index is 11.0. The van der Waals surface area contributed by atoms with Gasteiger partial charge in [0.25, 0.3) is 0 Å². The number of methoxy groups -OCH3 is 1. The van der Waals surface area contributed by atoms with Crippen LogP contribution < -0.4 is 0 Å². The summed E-state index contributed by atoms with van der Waals surface area (Å²) in [7, 11) is 1.39. The Morgan fingerprint density at radius 3 is 2.88 bits per heavy atom. The lowest BCUT2D eigenvalue weighted by molar-refractivity contribution is -0.140. The van der Waals surface area contributed by atoms with Gasteiger partial charge in [-0.25, -0.2) is 4.98 Å². The van der Waals surface area contributed by atoms with E-state index < -0.39 is 0 Å². The van der Waals surface area contributed by atoms with Crippen molar-refractivity contribution >= 4 is 17.3 Å². The van der Waals surface area contributed by atoms with Crippen molar-refractivity contribution in [2.24, 2.45) is 0 Å². The van der Waals surface area contributed by atoms with Gasteiger partial charge in [0, 0.05) is 29.8 Å². The molecule has 0 aliphatic carbocycles. The van der Waals surface area contributed by atoms with E-state index in [1.165, 1.54) is 7.11 Å². The average Bonchev–Trinajstić information content (AvgIpc) is 2.86. The zero-order valence-corrected chi connectivity index (χ0v) is 10.2. The molecule has 0 radical (unpaired) electrons. The molecule has 0 saturated carbocycles. The number of nitrogens with zero attached hydrogens (tertiary/aromatic N) is 2. The minimum atomic E-state index is -0.205. The van der Waals surface area contributed by atoms with Gasteiger partial charge in [-0.15, -0.1) is 11.3 Å². The number of thiazole rings is 1. The highest BCUT2D eigenvalue weighted by Crippen LogP contribution is 2.23. The van der Waals surface area contributed by atoms with Gasteiger partial charge in [0.05, 0.1) is 19.2 Å². The molecule has 2 heterocycles. The highest BCUT2D eigenvalue weighted by atomic mass is 32.1. The van der Waals surface area contributed by atoms with Crippen LogP contribution in [0.25, 0.3) is 10.6 Å². The Hall–Kier alpha value is -1.75. The first-order chi connectivity index (χ1) is 8.29. The van der Waals surface area contributed by atoms with Crippen molar-refractivity contribution in [3.8, 4) is 10.6 Å². The van der Waals surface area contributed by atoms with E-state index >= 15 is 0 Å². The molecular formula is C12H12N2O2S. The Balaban J connectivity index is 2.04. The number of aromatic nitrogens is 2. The molecular weight excluding hydrogens is 236 g/mol.